The number of nitrogens with two attached hydrogens (primary N) is 1. The Kier molecular flexibility index (Phi) is 11.3. The molecule has 0 aromatic heterocycles. The van der Waals surface area contributed by atoms with Crippen molar-refractivity contribution >= 4 is 11.7 Å². The van der Waals surface area contributed by atoms with Gasteiger partial charge in [0.15, 0.2) is 0 Å². The number of amidine groups is 1. The molecule has 0 atom stereocenters. The summed E-state index contributed by atoms with van der Waals surface area (Å²) >= 11 is 0. The van der Waals surface area contributed by atoms with Crippen LogP contribution in [-0.2, 0) is 4.79 Å². The van der Waals surface area contributed by atoms with Crippen molar-refractivity contribution in [3.63, 3.8) is 0 Å². The van der Waals surface area contributed by atoms with Crippen molar-refractivity contribution in [3.05, 3.63) is 12.7 Å². The van der Waals surface area contributed by atoms with Crippen LogP contribution < -0.4 is 11.1 Å². The van der Waals surface area contributed by atoms with Crippen LogP contribution in [0.15, 0.2) is 12.7 Å². The van der Waals surface area contributed by atoms with Crippen LogP contribution in [0.25, 0.3) is 0 Å². The molecule has 0 saturated carbocycles. The lowest BCUT2D eigenvalue weighted by Crippen LogP contribution is -2.21. The van der Waals surface area contributed by atoms with E-state index in [9.17, 15) is 4.79 Å². The summed E-state index contributed by atoms with van der Waals surface area (Å²) in [6, 6.07) is 0. The fourth-order valence-electron chi connectivity index (χ4n) is 1.78. The molecule has 0 fully saturated rings. The number of rotatable bonds is 12. The van der Waals surface area contributed by atoms with Gasteiger partial charge in [-0.2, -0.15) is 0 Å². The highest BCUT2D eigenvalue weighted by Crippen LogP contribution is 2.09. The zero-order chi connectivity index (χ0) is 13.6. The molecular formula is C14H27N3O. The normalized spacial score (nSPS) is 10.0. The fraction of sp³-hybridized carbons (Fsp3) is 0.714. The summed E-state index contributed by atoms with van der Waals surface area (Å²) in [5.41, 5.74) is 5.28. The first kappa shape index (κ1) is 16.7. The zero-order valence-corrected chi connectivity index (χ0v) is 11.3. The van der Waals surface area contributed by atoms with E-state index in [1.165, 1.54) is 44.6 Å². The Labute approximate surface area is 111 Å². The van der Waals surface area contributed by atoms with Crippen LogP contribution in [0.2, 0.25) is 0 Å². The van der Waals surface area contributed by atoms with Gasteiger partial charge in [-0.15, -0.1) is 0 Å². The Bertz CT molecular complexity index is 251. The fourth-order valence-corrected chi connectivity index (χ4v) is 1.78. The maximum absolute atomic E-state index is 10.8. The average Bonchev–Trinajstić information content (AvgIpc) is 2.35. The minimum Gasteiger partial charge on any atom is -0.388 e. The third kappa shape index (κ3) is 12.7. The van der Waals surface area contributed by atoms with Crippen LogP contribution in [0.4, 0.5) is 0 Å². The monoisotopic (exact) mass is 253 g/mol. The van der Waals surface area contributed by atoms with Gasteiger partial charge in [0.05, 0.1) is 5.84 Å². The summed E-state index contributed by atoms with van der Waals surface area (Å²) < 4.78 is 0. The molecule has 0 aliphatic carbocycles. The van der Waals surface area contributed by atoms with Crippen molar-refractivity contribution in [1.82, 2.24) is 5.32 Å². The van der Waals surface area contributed by atoms with Gasteiger partial charge in [0.1, 0.15) is 0 Å². The molecule has 4 heteroatoms. The van der Waals surface area contributed by atoms with Crippen LogP contribution >= 0.6 is 0 Å². The van der Waals surface area contributed by atoms with Gasteiger partial charge in [-0.3, -0.25) is 10.2 Å². The third-order valence-corrected chi connectivity index (χ3v) is 2.86. The molecule has 0 aromatic carbocycles. The highest BCUT2D eigenvalue weighted by Gasteiger charge is 1.95. The minimum absolute atomic E-state index is 0.0829. The number of hydrogen-bond acceptors (Lipinski definition) is 2. The molecule has 0 aromatic rings. The molecule has 104 valence electrons. The summed E-state index contributed by atoms with van der Waals surface area (Å²) in [5, 5.41) is 9.86. The number of unbranched alkanes of at least 4 members (excludes halogenated alkanes) is 7. The van der Waals surface area contributed by atoms with Crippen molar-refractivity contribution in [2.75, 3.05) is 6.54 Å². The molecule has 4 N–H and O–H groups in total. The number of amides is 1. The van der Waals surface area contributed by atoms with Gasteiger partial charge in [0.25, 0.3) is 0 Å². The molecule has 0 aliphatic heterocycles. The van der Waals surface area contributed by atoms with Crippen LogP contribution in [0.1, 0.15) is 57.8 Å². The second-order valence-electron chi connectivity index (χ2n) is 4.60. The SMILES string of the molecule is C=CC(=O)NCCCCCCCCCCC(=N)N. The Morgan fingerprint density at radius 3 is 2.06 bits per heavy atom. The average molecular weight is 253 g/mol. The van der Waals surface area contributed by atoms with Crippen molar-refractivity contribution < 1.29 is 4.79 Å². The minimum atomic E-state index is -0.0829. The Morgan fingerprint density at radius 1 is 1.06 bits per heavy atom. The van der Waals surface area contributed by atoms with Crippen LogP contribution in [0.3, 0.4) is 0 Å². The van der Waals surface area contributed by atoms with Gasteiger partial charge in [0.2, 0.25) is 5.91 Å². The summed E-state index contributed by atoms with van der Waals surface area (Å²) in [5.74, 6) is 0.219. The van der Waals surface area contributed by atoms with Crippen LogP contribution in [0.5, 0.6) is 0 Å². The predicted octanol–water partition coefficient (Wildman–Crippen LogP) is 2.74. The van der Waals surface area contributed by atoms with E-state index in [2.05, 4.69) is 11.9 Å². The van der Waals surface area contributed by atoms with E-state index in [1.807, 2.05) is 0 Å². The largest absolute Gasteiger partial charge is 0.388 e. The predicted molar refractivity (Wildman–Crippen MR) is 76.7 cm³/mol. The lowest BCUT2D eigenvalue weighted by Gasteiger charge is -2.03. The molecule has 1 amide bonds. The Hall–Kier alpha value is -1.32. The number of hydrogen-bond donors (Lipinski definition) is 3. The van der Waals surface area contributed by atoms with E-state index in [-0.39, 0.29) is 5.91 Å². The molecule has 0 unspecified atom stereocenters. The summed E-state index contributed by atoms with van der Waals surface area (Å²) in [7, 11) is 0. The third-order valence-electron chi connectivity index (χ3n) is 2.86. The van der Waals surface area contributed by atoms with E-state index >= 15 is 0 Å². The molecule has 0 radical (unpaired) electrons. The van der Waals surface area contributed by atoms with Gasteiger partial charge in [-0.1, -0.05) is 45.1 Å². The van der Waals surface area contributed by atoms with Crippen molar-refractivity contribution in [1.29, 1.82) is 5.41 Å². The van der Waals surface area contributed by atoms with E-state index in [0.717, 1.165) is 25.8 Å². The van der Waals surface area contributed by atoms with E-state index < -0.39 is 0 Å². The standard InChI is InChI=1S/C14H27N3O/c1-2-14(18)17-12-10-8-6-4-3-5-7-9-11-13(15)16/h2H,1,3-12H2,(H3,15,16)(H,17,18). The van der Waals surface area contributed by atoms with Crippen molar-refractivity contribution in [2.24, 2.45) is 5.73 Å². The number of nitrogens with one attached hydrogen (secondary N) is 2. The zero-order valence-electron chi connectivity index (χ0n) is 11.3. The van der Waals surface area contributed by atoms with E-state index in [1.54, 1.807) is 0 Å². The second kappa shape index (κ2) is 12.1. The van der Waals surface area contributed by atoms with Crippen LogP contribution in [0, 0.1) is 5.41 Å². The topological polar surface area (TPSA) is 79.0 Å². The molecule has 0 aliphatic rings. The van der Waals surface area contributed by atoms with Gasteiger partial charge < -0.3 is 11.1 Å². The quantitative estimate of drug-likeness (QED) is 0.216. The second-order valence-corrected chi connectivity index (χ2v) is 4.60. The Balaban J connectivity index is 3.05. The molecule has 0 bridgehead atoms. The summed E-state index contributed by atoms with van der Waals surface area (Å²) in [6.45, 7) is 4.16. The van der Waals surface area contributed by atoms with Crippen LogP contribution in [-0.4, -0.2) is 18.3 Å². The van der Waals surface area contributed by atoms with Gasteiger partial charge in [-0.25, -0.2) is 0 Å². The highest BCUT2D eigenvalue weighted by atomic mass is 16.1. The first-order valence-electron chi connectivity index (χ1n) is 6.90. The summed E-state index contributed by atoms with van der Waals surface area (Å²) in [6.07, 6.45) is 11.5. The molecule has 0 spiro atoms. The smallest absolute Gasteiger partial charge is 0.243 e. The van der Waals surface area contributed by atoms with Gasteiger partial charge in [-0.05, 0) is 18.9 Å². The van der Waals surface area contributed by atoms with E-state index in [0.29, 0.717) is 5.84 Å². The lowest BCUT2D eigenvalue weighted by molar-refractivity contribution is -0.116. The van der Waals surface area contributed by atoms with Gasteiger partial charge in [0, 0.05) is 13.0 Å². The maximum Gasteiger partial charge on any atom is 0.243 e. The molecule has 0 heterocycles. The summed E-state index contributed by atoms with van der Waals surface area (Å²) in [4.78, 5) is 10.8. The Morgan fingerprint density at radius 2 is 1.56 bits per heavy atom. The van der Waals surface area contributed by atoms with Crippen molar-refractivity contribution in [2.45, 2.75) is 57.8 Å². The number of carbonyl (C=O) groups excluding carboxylic acids is 1. The first-order chi connectivity index (χ1) is 8.66. The molecule has 0 saturated heterocycles. The molecule has 4 nitrogen and oxygen atoms in total. The molecular weight excluding hydrogens is 226 g/mol. The van der Waals surface area contributed by atoms with Crippen molar-refractivity contribution in [3.8, 4) is 0 Å². The molecule has 0 rings (SSSR count). The van der Waals surface area contributed by atoms with Gasteiger partial charge >= 0.3 is 0 Å². The number of carbonyl (C=O) groups is 1. The lowest BCUT2D eigenvalue weighted by atomic mass is 10.1. The molecule has 18 heavy (non-hydrogen) atoms. The maximum atomic E-state index is 10.8. The van der Waals surface area contributed by atoms with E-state index in [4.69, 9.17) is 11.1 Å². The highest BCUT2D eigenvalue weighted by molar-refractivity contribution is 5.86. The first-order valence-corrected chi connectivity index (χ1v) is 6.90.